The second kappa shape index (κ2) is 4.61. The van der Waals surface area contributed by atoms with E-state index in [2.05, 4.69) is 31.2 Å². The van der Waals surface area contributed by atoms with Crippen LogP contribution in [-0.4, -0.2) is 18.3 Å². The highest BCUT2D eigenvalue weighted by Crippen LogP contribution is 2.58. The van der Waals surface area contributed by atoms with E-state index in [0.717, 1.165) is 18.6 Å². The lowest BCUT2D eigenvalue weighted by Crippen LogP contribution is -2.44. The molecule has 1 aromatic rings. The van der Waals surface area contributed by atoms with Gasteiger partial charge < -0.3 is 9.84 Å². The van der Waals surface area contributed by atoms with Crippen LogP contribution in [0.15, 0.2) is 30.4 Å². The van der Waals surface area contributed by atoms with Crippen molar-refractivity contribution < 1.29 is 9.84 Å². The van der Waals surface area contributed by atoms with Crippen molar-refractivity contribution in [3.8, 4) is 5.75 Å². The molecular formula is C19H24O2. The van der Waals surface area contributed by atoms with Gasteiger partial charge in [0.15, 0.2) is 0 Å². The number of aliphatic hydroxyl groups is 1. The number of ether oxygens (including phenoxy) is 1. The highest BCUT2D eigenvalue weighted by atomic mass is 16.5. The predicted molar refractivity (Wildman–Crippen MR) is 83.5 cm³/mol. The van der Waals surface area contributed by atoms with E-state index in [0.29, 0.717) is 17.8 Å². The Morgan fingerprint density at radius 3 is 2.90 bits per heavy atom. The molecule has 4 rings (SSSR count). The molecule has 3 aliphatic carbocycles. The van der Waals surface area contributed by atoms with E-state index >= 15 is 0 Å². The van der Waals surface area contributed by atoms with Gasteiger partial charge in [0.05, 0.1) is 13.2 Å². The van der Waals surface area contributed by atoms with E-state index in [9.17, 15) is 5.11 Å². The maximum Gasteiger partial charge on any atom is 0.119 e. The van der Waals surface area contributed by atoms with Gasteiger partial charge in [0.1, 0.15) is 5.75 Å². The summed E-state index contributed by atoms with van der Waals surface area (Å²) in [5.74, 6) is 2.87. The van der Waals surface area contributed by atoms with Crippen LogP contribution in [0.5, 0.6) is 5.75 Å². The highest BCUT2D eigenvalue weighted by Gasteiger charge is 2.52. The minimum Gasteiger partial charge on any atom is -0.497 e. The zero-order valence-electron chi connectivity index (χ0n) is 12.9. The van der Waals surface area contributed by atoms with Gasteiger partial charge in [-0.3, -0.25) is 0 Å². The molecule has 0 spiro atoms. The van der Waals surface area contributed by atoms with Crippen LogP contribution in [0.3, 0.4) is 0 Å². The lowest BCUT2D eigenvalue weighted by atomic mass is 9.55. The Kier molecular flexibility index (Phi) is 2.94. The quantitative estimate of drug-likeness (QED) is 0.797. The summed E-state index contributed by atoms with van der Waals surface area (Å²) in [5, 5.41) is 10.3. The number of allylic oxidation sites excluding steroid dienone is 1. The molecule has 0 saturated heterocycles. The summed E-state index contributed by atoms with van der Waals surface area (Å²) in [6, 6.07) is 6.61. The largest absolute Gasteiger partial charge is 0.497 e. The molecule has 0 bridgehead atoms. The smallest absolute Gasteiger partial charge is 0.119 e. The van der Waals surface area contributed by atoms with Gasteiger partial charge >= 0.3 is 0 Å². The van der Waals surface area contributed by atoms with Crippen molar-refractivity contribution in [3.63, 3.8) is 0 Å². The number of hydrogen-bond donors (Lipinski definition) is 1. The van der Waals surface area contributed by atoms with Gasteiger partial charge in [0, 0.05) is 5.41 Å². The Hall–Kier alpha value is -1.28. The zero-order chi connectivity index (χ0) is 14.6. The van der Waals surface area contributed by atoms with Gasteiger partial charge in [-0.25, -0.2) is 0 Å². The van der Waals surface area contributed by atoms with Crippen molar-refractivity contribution in [2.24, 2.45) is 17.3 Å². The Morgan fingerprint density at radius 1 is 1.24 bits per heavy atom. The minimum atomic E-state index is -0.249. The lowest BCUT2D eigenvalue weighted by molar-refractivity contribution is -0.0101. The van der Waals surface area contributed by atoms with Gasteiger partial charge in [0.2, 0.25) is 0 Å². The number of hydrogen-bond acceptors (Lipinski definition) is 2. The summed E-state index contributed by atoms with van der Waals surface area (Å²) >= 11 is 0. The van der Waals surface area contributed by atoms with E-state index in [-0.39, 0.29) is 11.5 Å². The third kappa shape index (κ3) is 1.81. The summed E-state index contributed by atoms with van der Waals surface area (Å²) in [6.07, 6.45) is 8.80. The minimum absolute atomic E-state index is 0.0745. The zero-order valence-corrected chi connectivity index (χ0v) is 12.9. The predicted octanol–water partition coefficient (Wildman–Crippen LogP) is 3.69. The molecule has 0 aliphatic heterocycles. The molecule has 112 valence electrons. The Balaban J connectivity index is 1.70. The number of rotatable bonds is 1. The third-order valence-electron chi connectivity index (χ3n) is 6.41. The fourth-order valence-corrected chi connectivity index (χ4v) is 5.12. The topological polar surface area (TPSA) is 29.5 Å². The van der Waals surface area contributed by atoms with E-state index in [1.165, 1.54) is 24.0 Å². The van der Waals surface area contributed by atoms with E-state index in [1.807, 2.05) is 6.08 Å². The average molecular weight is 284 g/mol. The second-order valence-electron chi connectivity index (χ2n) is 7.27. The molecular weight excluding hydrogens is 260 g/mol. The number of fused-ring (bicyclic) bond motifs is 5. The Morgan fingerprint density at radius 2 is 2.10 bits per heavy atom. The molecule has 1 fully saturated rings. The average Bonchev–Trinajstić information content (AvgIpc) is 2.82. The summed E-state index contributed by atoms with van der Waals surface area (Å²) in [5.41, 5.74) is 3.08. The summed E-state index contributed by atoms with van der Waals surface area (Å²) < 4.78 is 5.37. The van der Waals surface area contributed by atoms with Crippen molar-refractivity contribution in [1.29, 1.82) is 0 Å². The maximum atomic E-state index is 10.3. The molecule has 4 unspecified atom stereocenters. The van der Waals surface area contributed by atoms with E-state index in [1.54, 1.807) is 7.11 Å². The van der Waals surface area contributed by atoms with Crippen LogP contribution in [0.25, 0.3) is 0 Å². The first-order valence-corrected chi connectivity index (χ1v) is 8.16. The molecule has 3 aliphatic rings. The monoisotopic (exact) mass is 284 g/mol. The molecule has 2 heteroatoms. The van der Waals surface area contributed by atoms with Crippen molar-refractivity contribution in [3.05, 3.63) is 41.5 Å². The fourth-order valence-electron chi connectivity index (χ4n) is 5.12. The van der Waals surface area contributed by atoms with Crippen molar-refractivity contribution in [1.82, 2.24) is 0 Å². The lowest BCUT2D eigenvalue weighted by Gasteiger charge is -2.50. The third-order valence-corrected chi connectivity index (χ3v) is 6.41. The molecule has 2 nitrogen and oxygen atoms in total. The first kappa shape index (κ1) is 13.4. The summed E-state index contributed by atoms with van der Waals surface area (Å²) in [7, 11) is 1.74. The molecule has 1 N–H and O–H groups in total. The van der Waals surface area contributed by atoms with Crippen LogP contribution in [0.4, 0.5) is 0 Å². The molecule has 0 heterocycles. The van der Waals surface area contributed by atoms with Gasteiger partial charge in [-0.1, -0.05) is 25.1 Å². The SMILES string of the molecule is COc1ccc2c(c1)CCC1C2CCC2(C)C1C=C[C@H]2O. The molecule has 0 aromatic heterocycles. The van der Waals surface area contributed by atoms with Gasteiger partial charge in [0.25, 0.3) is 0 Å². The maximum absolute atomic E-state index is 10.3. The van der Waals surface area contributed by atoms with Gasteiger partial charge in [-0.2, -0.15) is 0 Å². The second-order valence-corrected chi connectivity index (χ2v) is 7.27. The number of aliphatic hydroxyl groups excluding tert-OH is 1. The first-order chi connectivity index (χ1) is 10.1. The Bertz CT molecular complexity index is 591. The molecule has 21 heavy (non-hydrogen) atoms. The van der Waals surface area contributed by atoms with Gasteiger partial charge in [-0.05, 0) is 66.7 Å². The normalized spacial score (nSPS) is 40.3. The van der Waals surface area contributed by atoms with Crippen LogP contribution < -0.4 is 4.74 Å². The summed E-state index contributed by atoms with van der Waals surface area (Å²) in [4.78, 5) is 0. The van der Waals surface area contributed by atoms with E-state index < -0.39 is 0 Å². The van der Waals surface area contributed by atoms with E-state index in [4.69, 9.17) is 4.74 Å². The number of benzene rings is 1. The van der Waals surface area contributed by atoms with Crippen molar-refractivity contribution >= 4 is 0 Å². The van der Waals surface area contributed by atoms with Crippen LogP contribution in [0.1, 0.15) is 43.2 Å². The highest BCUT2D eigenvalue weighted by molar-refractivity contribution is 5.41. The van der Waals surface area contributed by atoms with Crippen LogP contribution in [0.2, 0.25) is 0 Å². The molecule has 0 amide bonds. The van der Waals surface area contributed by atoms with Gasteiger partial charge in [-0.15, -0.1) is 0 Å². The molecule has 0 radical (unpaired) electrons. The number of methoxy groups -OCH3 is 1. The van der Waals surface area contributed by atoms with Crippen LogP contribution in [-0.2, 0) is 6.42 Å². The summed E-state index contributed by atoms with van der Waals surface area (Å²) in [6.45, 7) is 2.28. The fraction of sp³-hybridized carbons (Fsp3) is 0.579. The molecule has 1 aromatic carbocycles. The van der Waals surface area contributed by atoms with Crippen LogP contribution >= 0.6 is 0 Å². The molecule has 5 atom stereocenters. The van der Waals surface area contributed by atoms with Crippen molar-refractivity contribution in [2.75, 3.05) is 7.11 Å². The molecule has 1 saturated carbocycles. The number of aryl methyl sites for hydroxylation is 1. The van der Waals surface area contributed by atoms with Crippen LogP contribution in [0, 0.1) is 17.3 Å². The van der Waals surface area contributed by atoms with Crippen molar-refractivity contribution in [2.45, 2.75) is 44.6 Å². The Labute approximate surface area is 126 Å². The first-order valence-electron chi connectivity index (χ1n) is 8.16. The standard InChI is InChI=1S/C19H24O2/c1-19-10-9-15-14-6-4-13(21-2)11-12(14)3-5-16(15)17(19)7-8-18(19)20/h4,6-8,11,15-18,20H,3,5,9-10H2,1-2H3/t15?,16?,17?,18-,19?/m1/s1.